The highest BCUT2D eigenvalue weighted by atomic mass is 16.3. The van der Waals surface area contributed by atoms with Crippen LogP contribution < -0.4 is 0 Å². The molecule has 0 fully saturated rings. The summed E-state index contributed by atoms with van der Waals surface area (Å²) >= 11 is 0. The minimum Gasteiger partial charge on any atom is -0.394 e. The van der Waals surface area contributed by atoms with Crippen LogP contribution >= 0.6 is 0 Å². The van der Waals surface area contributed by atoms with Gasteiger partial charge >= 0.3 is 0 Å². The predicted octanol–water partition coefficient (Wildman–Crippen LogP) is 0.303. The molecule has 72 valence electrons. The molecule has 1 aliphatic carbocycles. The predicted molar refractivity (Wildman–Crippen MR) is 47.7 cm³/mol. The summed E-state index contributed by atoms with van der Waals surface area (Å²) in [5.74, 6) is -0.204. The monoisotopic (exact) mass is 174 g/mol. The molecule has 0 amide bonds. The Balaban J connectivity index is 0.000000561. The summed E-state index contributed by atoms with van der Waals surface area (Å²) in [5.41, 5.74) is 0. The van der Waals surface area contributed by atoms with E-state index in [-0.39, 0.29) is 12.5 Å². The molecule has 0 aliphatic heterocycles. The SMILES string of the molecule is CC.OCC(O)C1CC=CC1O. The lowest BCUT2D eigenvalue weighted by Gasteiger charge is -2.18. The maximum atomic E-state index is 9.13. The summed E-state index contributed by atoms with van der Waals surface area (Å²) in [6, 6.07) is 0. The van der Waals surface area contributed by atoms with Crippen molar-refractivity contribution in [3.8, 4) is 0 Å². The molecule has 3 unspecified atom stereocenters. The topological polar surface area (TPSA) is 60.7 Å². The standard InChI is InChI=1S/C7H12O3.C2H6/c8-4-7(10)5-2-1-3-6(5)9;1-2/h1,3,5-10H,2,4H2;1-2H3. The van der Waals surface area contributed by atoms with E-state index < -0.39 is 12.2 Å². The molecule has 0 aromatic heterocycles. The Morgan fingerprint density at radius 3 is 2.42 bits per heavy atom. The zero-order valence-corrected chi connectivity index (χ0v) is 7.64. The summed E-state index contributed by atoms with van der Waals surface area (Å²) in [5, 5.41) is 26.7. The van der Waals surface area contributed by atoms with Crippen molar-refractivity contribution in [2.75, 3.05) is 6.61 Å². The van der Waals surface area contributed by atoms with Crippen molar-refractivity contribution in [3.63, 3.8) is 0 Å². The fraction of sp³-hybridized carbons (Fsp3) is 0.778. The Morgan fingerprint density at radius 1 is 1.50 bits per heavy atom. The lowest BCUT2D eigenvalue weighted by Crippen LogP contribution is -2.30. The first kappa shape index (κ1) is 11.6. The van der Waals surface area contributed by atoms with Crippen LogP contribution in [0.5, 0.6) is 0 Å². The van der Waals surface area contributed by atoms with Gasteiger partial charge in [0, 0.05) is 5.92 Å². The van der Waals surface area contributed by atoms with Crippen molar-refractivity contribution in [2.45, 2.75) is 32.5 Å². The molecule has 0 spiro atoms. The van der Waals surface area contributed by atoms with Crippen LogP contribution in [0.3, 0.4) is 0 Å². The van der Waals surface area contributed by atoms with E-state index in [1.165, 1.54) is 0 Å². The van der Waals surface area contributed by atoms with Gasteiger partial charge in [0.1, 0.15) is 0 Å². The highest BCUT2D eigenvalue weighted by Gasteiger charge is 2.26. The van der Waals surface area contributed by atoms with Crippen LogP contribution in [0, 0.1) is 5.92 Å². The second-order valence-corrected chi connectivity index (χ2v) is 2.57. The molecule has 0 bridgehead atoms. The maximum absolute atomic E-state index is 9.13. The van der Waals surface area contributed by atoms with Crippen molar-refractivity contribution < 1.29 is 15.3 Å². The minimum atomic E-state index is -0.787. The largest absolute Gasteiger partial charge is 0.394 e. The summed E-state index contributed by atoms with van der Waals surface area (Å²) in [4.78, 5) is 0. The van der Waals surface area contributed by atoms with E-state index >= 15 is 0 Å². The van der Waals surface area contributed by atoms with Gasteiger partial charge < -0.3 is 15.3 Å². The molecule has 1 aliphatic rings. The van der Waals surface area contributed by atoms with Crippen molar-refractivity contribution in [3.05, 3.63) is 12.2 Å². The van der Waals surface area contributed by atoms with Crippen LogP contribution in [0.15, 0.2) is 12.2 Å². The third-order valence-electron chi connectivity index (χ3n) is 1.86. The van der Waals surface area contributed by atoms with Gasteiger partial charge in [-0.1, -0.05) is 26.0 Å². The van der Waals surface area contributed by atoms with Gasteiger partial charge in [0.2, 0.25) is 0 Å². The zero-order valence-electron chi connectivity index (χ0n) is 7.64. The van der Waals surface area contributed by atoms with E-state index in [1.807, 2.05) is 19.9 Å². The second kappa shape index (κ2) is 6.17. The van der Waals surface area contributed by atoms with Crippen LogP contribution in [-0.2, 0) is 0 Å². The molecule has 0 saturated carbocycles. The Bertz CT molecular complexity index is 134. The summed E-state index contributed by atoms with van der Waals surface area (Å²) in [6.07, 6.45) is 2.74. The van der Waals surface area contributed by atoms with E-state index in [0.717, 1.165) is 0 Å². The molecule has 3 heteroatoms. The fourth-order valence-corrected chi connectivity index (χ4v) is 1.18. The summed E-state index contributed by atoms with van der Waals surface area (Å²) in [6.45, 7) is 3.73. The van der Waals surface area contributed by atoms with Gasteiger partial charge in [-0.2, -0.15) is 0 Å². The number of hydrogen-bond acceptors (Lipinski definition) is 3. The van der Waals surface area contributed by atoms with Crippen LogP contribution in [0.1, 0.15) is 20.3 Å². The third kappa shape index (κ3) is 2.93. The van der Waals surface area contributed by atoms with Gasteiger partial charge in [0.15, 0.2) is 0 Å². The summed E-state index contributed by atoms with van der Waals surface area (Å²) in [7, 11) is 0. The van der Waals surface area contributed by atoms with Gasteiger partial charge in [0.25, 0.3) is 0 Å². The van der Waals surface area contributed by atoms with Crippen LogP contribution in [0.2, 0.25) is 0 Å². The zero-order chi connectivity index (χ0) is 9.56. The molecule has 3 N–H and O–H groups in total. The van der Waals surface area contributed by atoms with Gasteiger partial charge in [-0.05, 0) is 6.42 Å². The number of aliphatic hydroxyl groups excluding tert-OH is 3. The Morgan fingerprint density at radius 2 is 2.08 bits per heavy atom. The van der Waals surface area contributed by atoms with Gasteiger partial charge in [-0.15, -0.1) is 0 Å². The lowest BCUT2D eigenvalue weighted by atomic mass is 9.98. The molecule has 3 nitrogen and oxygen atoms in total. The molecule has 0 aromatic rings. The maximum Gasteiger partial charge on any atom is 0.0829 e. The highest BCUT2D eigenvalue weighted by molar-refractivity contribution is 5.03. The fourth-order valence-electron chi connectivity index (χ4n) is 1.18. The lowest BCUT2D eigenvalue weighted by molar-refractivity contribution is 0.00742. The molecule has 0 heterocycles. The molecule has 12 heavy (non-hydrogen) atoms. The van der Waals surface area contributed by atoms with E-state index in [0.29, 0.717) is 6.42 Å². The number of aliphatic hydroxyl groups is 3. The van der Waals surface area contributed by atoms with E-state index in [9.17, 15) is 0 Å². The second-order valence-electron chi connectivity index (χ2n) is 2.57. The van der Waals surface area contributed by atoms with Gasteiger partial charge in [0.05, 0.1) is 18.8 Å². The molecule has 0 saturated heterocycles. The number of allylic oxidation sites excluding steroid dienone is 1. The molecule has 3 atom stereocenters. The van der Waals surface area contributed by atoms with Gasteiger partial charge in [-0.25, -0.2) is 0 Å². The molecule has 0 aromatic carbocycles. The average molecular weight is 174 g/mol. The van der Waals surface area contributed by atoms with Crippen LogP contribution in [0.4, 0.5) is 0 Å². The highest BCUT2D eigenvalue weighted by Crippen LogP contribution is 2.21. The van der Waals surface area contributed by atoms with E-state index in [2.05, 4.69) is 0 Å². The minimum absolute atomic E-state index is 0.204. The van der Waals surface area contributed by atoms with Crippen molar-refractivity contribution in [1.82, 2.24) is 0 Å². The smallest absolute Gasteiger partial charge is 0.0829 e. The van der Waals surface area contributed by atoms with Crippen LogP contribution in [-0.4, -0.2) is 34.1 Å². The Hall–Kier alpha value is -0.380. The molecule has 1 rings (SSSR count). The van der Waals surface area contributed by atoms with Crippen molar-refractivity contribution in [1.29, 1.82) is 0 Å². The van der Waals surface area contributed by atoms with Crippen molar-refractivity contribution in [2.24, 2.45) is 5.92 Å². The molecular weight excluding hydrogens is 156 g/mol. The Kier molecular flexibility index (Phi) is 5.98. The van der Waals surface area contributed by atoms with E-state index in [1.54, 1.807) is 6.08 Å². The first-order valence-corrected chi connectivity index (χ1v) is 4.39. The van der Waals surface area contributed by atoms with Crippen LogP contribution in [0.25, 0.3) is 0 Å². The van der Waals surface area contributed by atoms with Crippen molar-refractivity contribution >= 4 is 0 Å². The number of rotatable bonds is 2. The number of hydrogen-bond donors (Lipinski definition) is 3. The summed E-state index contributed by atoms with van der Waals surface area (Å²) < 4.78 is 0. The van der Waals surface area contributed by atoms with Gasteiger partial charge in [-0.3, -0.25) is 0 Å². The molecular formula is C9H18O3. The first-order valence-electron chi connectivity index (χ1n) is 4.39. The average Bonchev–Trinajstić information content (AvgIpc) is 2.54. The normalized spacial score (nSPS) is 29.4. The third-order valence-corrected chi connectivity index (χ3v) is 1.86. The molecule has 0 radical (unpaired) electrons. The Labute approximate surface area is 73.4 Å². The quantitative estimate of drug-likeness (QED) is 0.528. The van der Waals surface area contributed by atoms with E-state index in [4.69, 9.17) is 15.3 Å². The first-order chi connectivity index (χ1) is 5.75.